The van der Waals surface area contributed by atoms with E-state index < -0.39 is 18.5 Å². The molecule has 24 heavy (non-hydrogen) atoms. The predicted octanol–water partition coefficient (Wildman–Crippen LogP) is 2.68. The topological polar surface area (TPSA) is 84.5 Å². The Morgan fingerprint density at radius 1 is 1.21 bits per heavy atom. The van der Waals surface area contributed by atoms with Crippen molar-refractivity contribution < 1.29 is 19.1 Å². The zero-order valence-electron chi connectivity index (χ0n) is 14.1. The van der Waals surface area contributed by atoms with Crippen molar-refractivity contribution in [2.45, 2.75) is 33.6 Å². The summed E-state index contributed by atoms with van der Waals surface area (Å²) in [5, 5.41) is 5.62. The smallest absolute Gasteiger partial charge is 0.325 e. The van der Waals surface area contributed by atoms with E-state index >= 15 is 0 Å². The van der Waals surface area contributed by atoms with Crippen LogP contribution in [0.3, 0.4) is 0 Å². The molecule has 1 aromatic rings. The summed E-state index contributed by atoms with van der Waals surface area (Å²) >= 11 is 5.96. The van der Waals surface area contributed by atoms with Gasteiger partial charge in [-0.3, -0.25) is 14.4 Å². The summed E-state index contributed by atoms with van der Waals surface area (Å²) in [6, 6.07) is 5.13. The highest BCUT2D eigenvalue weighted by Gasteiger charge is 2.11. The zero-order valence-corrected chi connectivity index (χ0v) is 14.9. The van der Waals surface area contributed by atoms with Crippen molar-refractivity contribution in [1.82, 2.24) is 5.32 Å². The number of halogens is 1. The normalized spacial score (nSPS) is 10.4. The number of hydrogen-bond donors (Lipinski definition) is 2. The quantitative estimate of drug-likeness (QED) is 0.703. The highest BCUT2D eigenvalue weighted by Crippen LogP contribution is 2.22. The van der Waals surface area contributed by atoms with Crippen LogP contribution in [0.15, 0.2) is 18.2 Å². The van der Waals surface area contributed by atoms with Gasteiger partial charge in [-0.25, -0.2) is 0 Å². The van der Waals surface area contributed by atoms with Gasteiger partial charge in [-0.15, -0.1) is 0 Å². The summed E-state index contributed by atoms with van der Waals surface area (Å²) in [6.07, 6.45) is 1.11. The number of carbonyl (C=O) groups excluding carboxylic acids is 3. The zero-order chi connectivity index (χ0) is 18.1. The van der Waals surface area contributed by atoms with Crippen LogP contribution in [0.1, 0.15) is 32.3 Å². The van der Waals surface area contributed by atoms with Crippen LogP contribution in [-0.2, 0) is 19.1 Å². The van der Waals surface area contributed by atoms with Crippen LogP contribution in [0.25, 0.3) is 0 Å². The molecule has 2 amide bonds. The molecule has 0 bridgehead atoms. The van der Waals surface area contributed by atoms with E-state index in [0.717, 1.165) is 12.0 Å². The predicted molar refractivity (Wildman–Crippen MR) is 92.9 cm³/mol. The monoisotopic (exact) mass is 354 g/mol. The van der Waals surface area contributed by atoms with Gasteiger partial charge in [0.2, 0.25) is 5.91 Å². The molecule has 6 nitrogen and oxygen atoms in total. The molecule has 0 atom stereocenters. The Bertz CT molecular complexity index is 602. The average Bonchev–Trinajstić information content (AvgIpc) is 2.53. The molecule has 0 heterocycles. The first-order chi connectivity index (χ1) is 11.3. The first-order valence-electron chi connectivity index (χ1n) is 7.77. The summed E-state index contributed by atoms with van der Waals surface area (Å²) in [7, 11) is 0. The molecule has 7 heteroatoms. The van der Waals surface area contributed by atoms with Crippen LogP contribution in [0.5, 0.6) is 0 Å². The number of amides is 2. The Kier molecular flexibility index (Phi) is 8.26. The third-order valence-corrected chi connectivity index (χ3v) is 3.69. The molecule has 1 rings (SSSR count). The van der Waals surface area contributed by atoms with Crippen molar-refractivity contribution in [3.8, 4) is 0 Å². The molecular weight excluding hydrogens is 332 g/mol. The molecule has 0 aliphatic rings. The number of anilines is 1. The molecular formula is C17H23ClN2O4. The Labute approximate surface area is 146 Å². The summed E-state index contributed by atoms with van der Waals surface area (Å²) in [4.78, 5) is 34.8. The maximum absolute atomic E-state index is 11.8. The minimum atomic E-state index is -0.661. The van der Waals surface area contributed by atoms with Crippen molar-refractivity contribution >= 4 is 35.1 Å². The maximum Gasteiger partial charge on any atom is 0.325 e. The van der Waals surface area contributed by atoms with Crippen molar-refractivity contribution in [3.63, 3.8) is 0 Å². The third kappa shape index (κ3) is 7.46. The number of hydrogen-bond acceptors (Lipinski definition) is 4. The Morgan fingerprint density at radius 3 is 2.58 bits per heavy atom. The Morgan fingerprint density at radius 2 is 1.92 bits per heavy atom. The molecule has 0 saturated carbocycles. The van der Waals surface area contributed by atoms with Crippen molar-refractivity contribution in [2.75, 3.05) is 18.5 Å². The first kappa shape index (κ1) is 20.0. The van der Waals surface area contributed by atoms with Crippen LogP contribution in [0.4, 0.5) is 5.69 Å². The molecule has 0 spiro atoms. The van der Waals surface area contributed by atoms with Crippen LogP contribution in [0, 0.1) is 12.8 Å². The SMILES string of the molecule is Cc1c(Cl)cccc1NC(=O)COC(=O)CNC(=O)CCC(C)C. The first-order valence-corrected chi connectivity index (χ1v) is 8.14. The Hall–Kier alpha value is -2.08. The third-order valence-electron chi connectivity index (χ3n) is 3.28. The highest BCUT2D eigenvalue weighted by atomic mass is 35.5. The Balaban J connectivity index is 2.30. The second kappa shape index (κ2) is 9.93. The fourth-order valence-corrected chi connectivity index (χ4v) is 1.98. The molecule has 0 unspecified atom stereocenters. The number of esters is 1. The van der Waals surface area contributed by atoms with E-state index in [-0.39, 0.29) is 12.5 Å². The van der Waals surface area contributed by atoms with Crippen molar-refractivity contribution in [1.29, 1.82) is 0 Å². The molecule has 0 saturated heterocycles. The second-order valence-electron chi connectivity index (χ2n) is 5.83. The van der Waals surface area contributed by atoms with Gasteiger partial charge in [-0.05, 0) is 37.0 Å². The van der Waals surface area contributed by atoms with E-state index in [1.165, 1.54) is 0 Å². The molecule has 0 aliphatic heterocycles. The van der Waals surface area contributed by atoms with Gasteiger partial charge in [0.05, 0.1) is 0 Å². The molecule has 132 valence electrons. The molecule has 0 aromatic heterocycles. The minimum absolute atomic E-state index is 0.209. The fourth-order valence-electron chi connectivity index (χ4n) is 1.81. The highest BCUT2D eigenvalue weighted by molar-refractivity contribution is 6.31. The number of carbonyl (C=O) groups is 3. The van der Waals surface area contributed by atoms with Crippen LogP contribution in [-0.4, -0.2) is 30.9 Å². The molecule has 0 aliphatic carbocycles. The summed E-state index contributed by atoms with van der Waals surface area (Å²) < 4.78 is 4.82. The van der Waals surface area contributed by atoms with E-state index in [2.05, 4.69) is 10.6 Å². The van der Waals surface area contributed by atoms with Crippen molar-refractivity contribution in [3.05, 3.63) is 28.8 Å². The molecule has 2 N–H and O–H groups in total. The lowest BCUT2D eigenvalue weighted by Gasteiger charge is -2.10. The van der Waals surface area contributed by atoms with Crippen molar-refractivity contribution in [2.24, 2.45) is 5.92 Å². The van der Waals surface area contributed by atoms with Gasteiger partial charge in [-0.2, -0.15) is 0 Å². The van der Waals surface area contributed by atoms with E-state index in [1.807, 2.05) is 13.8 Å². The van der Waals surface area contributed by atoms with E-state index in [0.29, 0.717) is 23.0 Å². The summed E-state index contributed by atoms with van der Waals surface area (Å²) in [5.74, 6) is -0.924. The van der Waals surface area contributed by atoms with Gasteiger partial charge in [0, 0.05) is 17.1 Å². The largest absolute Gasteiger partial charge is 0.454 e. The van der Waals surface area contributed by atoms with Crippen LogP contribution in [0.2, 0.25) is 5.02 Å². The van der Waals surface area contributed by atoms with Crippen LogP contribution < -0.4 is 10.6 Å². The van der Waals surface area contributed by atoms with Gasteiger partial charge in [-0.1, -0.05) is 31.5 Å². The van der Waals surface area contributed by atoms with Gasteiger partial charge < -0.3 is 15.4 Å². The fraction of sp³-hybridized carbons (Fsp3) is 0.471. The molecule has 0 fully saturated rings. The van der Waals surface area contributed by atoms with E-state index in [1.54, 1.807) is 25.1 Å². The number of rotatable bonds is 8. The van der Waals surface area contributed by atoms with E-state index in [4.69, 9.17) is 16.3 Å². The van der Waals surface area contributed by atoms with Gasteiger partial charge in [0.1, 0.15) is 6.54 Å². The lowest BCUT2D eigenvalue weighted by molar-refractivity contribution is -0.147. The minimum Gasteiger partial charge on any atom is -0.454 e. The second-order valence-corrected chi connectivity index (χ2v) is 6.24. The standard InChI is InChI=1S/C17H23ClN2O4/c1-11(2)7-8-15(21)19-9-17(23)24-10-16(22)20-14-6-4-5-13(18)12(14)3/h4-6,11H,7-10H2,1-3H3,(H,19,21)(H,20,22). The average molecular weight is 355 g/mol. The van der Waals surface area contributed by atoms with Gasteiger partial charge in [0.25, 0.3) is 5.91 Å². The van der Waals surface area contributed by atoms with Crippen LogP contribution >= 0.6 is 11.6 Å². The van der Waals surface area contributed by atoms with Gasteiger partial charge in [0.15, 0.2) is 6.61 Å². The molecule has 0 radical (unpaired) electrons. The maximum atomic E-state index is 11.8. The summed E-state index contributed by atoms with van der Waals surface area (Å²) in [6.45, 7) is 5.13. The van der Waals surface area contributed by atoms with Gasteiger partial charge >= 0.3 is 5.97 Å². The van der Waals surface area contributed by atoms with E-state index in [9.17, 15) is 14.4 Å². The lowest BCUT2D eigenvalue weighted by Crippen LogP contribution is -2.32. The number of nitrogens with one attached hydrogen (secondary N) is 2. The lowest BCUT2D eigenvalue weighted by atomic mass is 10.1. The number of benzene rings is 1. The summed E-state index contributed by atoms with van der Waals surface area (Å²) in [5.41, 5.74) is 1.29. The molecule has 1 aromatic carbocycles. The number of ether oxygens (including phenoxy) is 1.